The molecule has 3 unspecified atom stereocenters. The Hall–Kier alpha value is -3.62. The van der Waals surface area contributed by atoms with Crippen LogP contribution < -0.4 is 25.4 Å². The van der Waals surface area contributed by atoms with E-state index in [1.807, 2.05) is 37.0 Å². The molecule has 0 saturated carbocycles. The lowest BCUT2D eigenvalue weighted by atomic mass is 9.97. The Kier molecular flexibility index (Phi) is 14.3. The average Bonchev–Trinajstić information content (AvgIpc) is 3.82. The van der Waals surface area contributed by atoms with Gasteiger partial charge in [0.15, 0.2) is 6.20 Å². The van der Waals surface area contributed by atoms with Crippen molar-refractivity contribution in [1.82, 2.24) is 16.0 Å². The van der Waals surface area contributed by atoms with Crippen molar-refractivity contribution >= 4 is 63.9 Å². The summed E-state index contributed by atoms with van der Waals surface area (Å²) in [6.07, 6.45) is 8.32. The number of pyridine rings is 1. The van der Waals surface area contributed by atoms with Gasteiger partial charge in [-0.2, -0.15) is 11.8 Å². The zero-order valence-electron chi connectivity index (χ0n) is 29.8. The van der Waals surface area contributed by atoms with E-state index in [1.165, 1.54) is 0 Å². The van der Waals surface area contributed by atoms with Gasteiger partial charge in [0.25, 0.3) is 0 Å². The molecule has 0 bridgehead atoms. The molecule has 0 radical (unpaired) electrons. The Balaban J connectivity index is 0.781. The number of rotatable bonds is 20. The van der Waals surface area contributed by atoms with E-state index < -0.39 is 0 Å². The van der Waals surface area contributed by atoms with Crippen molar-refractivity contribution in [3.63, 3.8) is 0 Å². The molecule has 13 heteroatoms. The molecular formula is C39H50N5O6S2+. The molecule has 3 atom stereocenters. The van der Waals surface area contributed by atoms with Crippen LogP contribution in [0, 0.1) is 5.92 Å². The van der Waals surface area contributed by atoms with Gasteiger partial charge >= 0.3 is 0 Å². The molecule has 11 nitrogen and oxygen atoms in total. The van der Waals surface area contributed by atoms with Gasteiger partial charge in [-0.25, -0.2) is 4.57 Å². The molecule has 3 amide bonds. The van der Waals surface area contributed by atoms with E-state index in [-0.39, 0.29) is 24.3 Å². The molecule has 3 aliphatic rings. The lowest BCUT2D eigenvalue weighted by Crippen LogP contribution is -2.37. The van der Waals surface area contributed by atoms with Gasteiger partial charge in [0.05, 0.1) is 55.7 Å². The average molecular weight is 749 g/mol. The van der Waals surface area contributed by atoms with Crippen molar-refractivity contribution in [3.05, 3.63) is 71.4 Å². The van der Waals surface area contributed by atoms with Gasteiger partial charge in [-0.05, 0) is 54.4 Å². The van der Waals surface area contributed by atoms with Crippen LogP contribution in [-0.2, 0) is 35.6 Å². The van der Waals surface area contributed by atoms with Gasteiger partial charge < -0.3 is 35.1 Å². The Morgan fingerprint density at radius 1 is 0.923 bits per heavy atom. The van der Waals surface area contributed by atoms with Crippen LogP contribution in [0.4, 0.5) is 5.69 Å². The Morgan fingerprint density at radius 2 is 1.63 bits per heavy atom. The number of unbranched alkanes of at least 4 members (excludes halogenated alkanes) is 1. The number of aryl methyl sites for hydroxylation is 1. The summed E-state index contributed by atoms with van der Waals surface area (Å²) in [7, 11) is 2.05. The monoisotopic (exact) mass is 748 g/mol. The van der Waals surface area contributed by atoms with Gasteiger partial charge in [-0.1, -0.05) is 42.4 Å². The third-order valence-electron chi connectivity index (χ3n) is 9.52. The van der Waals surface area contributed by atoms with Crippen LogP contribution in [0.15, 0.2) is 70.7 Å². The number of amides is 3. The smallest absolute Gasteiger partial charge is 0.240 e. The van der Waals surface area contributed by atoms with E-state index in [0.717, 1.165) is 57.1 Å². The van der Waals surface area contributed by atoms with E-state index in [2.05, 4.69) is 74.1 Å². The lowest BCUT2D eigenvalue weighted by molar-refractivity contribution is -0.644. The summed E-state index contributed by atoms with van der Waals surface area (Å²) in [6.45, 7) is 3.68. The van der Waals surface area contributed by atoms with Gasteiger partial charge in [-0.3, -0.25) is 14.4 Å². The highest BCUT2D eigenvalue weighted by Gasteiger charge is 2.42. The molecule has 3 aliphatic heterocycles. The van der Waals surface area contributed by atoms with Crippen molar-refractivity contribution in [1.29, 1.82) is 0 Å². The molecule has 2 fully saturated rings. The number of thioether (sulfide) groups is 2. The van der Waals surface area contributed by atoms with Crippen LogP contribution in [0.5, 0.6) is 0 Å². The fourth-order valence-corrected chi connectivity index (χ4v) is 9.62. The topological polar surface area (TPSA) is 122 Å². The fourth-order valence-electron chi connectivity index (χ4n) is 6.86. The number of ether oxygens (including phenoxy) is 3. The highest BCUT2D eigenvalue weighted by Crippen LogP contribution is 2.46. The number of carbonyl (C=O) groups is 3. The predicted octanol–water partition coefficient (Wildman–Crippen LogP) is 4.04. The van der Waals surface area contributed by atoms with E-state index in [0.29, 0.717) is 82.8 Å². The van der Waals surface area contributed by atoms with E-state index in [1.54, 1.807) is 11.8 Å². The number of para-hydroxylation sites is 2. The first kappa shape index (κ1) is 38.1. The summed E-state index contributed by atoms with van der Waals surface area (Å²) in [4.78, 5) is 40.0. The number of carbonyl (C=O) groups excluding carboxylic acids is 3. The Labute approximate surface area is 314 Å². The van der Waals surface area contributed by atoms with Crippen LogP contribution in [0.1, 0.15) is 37.7 Å². The fraction of sp³-hybridized carbons (Fsp3) is 0.487. The SMILES string of the molecule is C[n+]1ccc(C=C2Sc3ccccc3N2CC(=O)NCCOCCOCCOCCNC(=O)CCCCC2SCC3CC(=O)NC32)c2ccccc21. The first-order chi connectivity index (χ1) is 25.5. The van der Waals surface area contributed by atoms with Crippen molar-refractivity contribution in [2.75, 3.05) is 69.9 Å². The molecule has 278 valence electrons. The van der Waals surface area contributed by atoms with E-state index in [9.17, 15) is 14.4 Å². The first-order valence-electron chi connectivity index (χ1n) is 18.3. The Morgan fingerprint density at radius 3 is 2.44 bits per heavy atom. The van der Waals surface area contributed by atoms with Crippen molar-refractivity contribution in [2.45, 2.75) is 48.3 Å². The second-order valence-corrected chi connectivity index (χ2v) is 15.6. The molecule has 2 aromatic carbocycles. The summed E-state index contributed by atoms with van der Waals surface area (Å²) in [5, 5.41) is 11.7. The van der Waals surface area contributed by atoms with Gasteiger partial charge in [0, 0.05) is 54.3 Å². The van der Waals surface area contributed by atoms with Crippen LogP contribution in [0.3, 0.4) is 0 Å². The summed E-state index contributed by atoms with van der Waals surface area (Å²) < 4.78 is 18.9. The minimum absolute atomic E-state index is 0.0486. The maximum atomic E-state index is 13.0. The van der Waals surface area contributed by atoms with Gasteiger partial charge in [-0.15, -0.1) is 0 Å². The summed E-state index contributed by atoms with van der Waals surface area (Å²) in [5.74, 6) is 1.72. The number of fused-ring (bicyclic) bond motifs is 3. The molecule has 52 heavy (non-hydrogen) atoms. The molecule has 3 aromatic rings. The number of nitrogens with zero attached hydrogens (tertiary/aromatic N) is 2. The normalized spacial score (nSPS) is 19.9. The van der Waals surface area contributed by atoms with Crippen molar-refractivity contribution in [2.24, 2.45) is 13.0 Å². The number of hydrogen-bond donors (Lipinski definition) is 3. The summed E-state index contributed by atoms with van der Waals surface area (Å²) in [5.41, 5.74) is 3.29. The predicted molar refractivity (Wildman–Crippen MR) is 206 cm³/mol. The quantitative estimate of drug-likeness (QED) is 0.116. The van der Waals surface area contributed by atoms with Crippen LogP contribution >= 0.6 is 23.5 Å². The van der Waals surface area contributed by atoms with E-state index in [4.69, 9.17) is 14.2 Å². The van der Waals surface area contributed by atoms with Crippen LogP contribution in [-0.4, -0.2) is 94.0 Å². The number of nitrogens with one attached hydrogen (secondary N) is 3. The lowest BCUT2D eigenvalue weighted by Gasteiger charge is -2.20. The molecule has 6 rings (SSSR count). The largest absolute Gasteiger partial charge is 0.377 e. The molecular weight excluding hydrogens is 699 g/mol. The van der Waals surface area contributed by atoms with Gasteiger partial charge in [0.2, 0.25) is 23.2 Å². The second kappa shape index (κ2) is 19.5. The molecule has 2 saturated heterocycles. The molecule has 0 aliphatic carbocycles. The van der Waals surface area contributed by atoms with Crippen LogP contribution in [0.25, 0.3) is 17.0 Å². The number of hydrogen-bond acceptors (Lipinski definition) is 9. The highest BCUT2D eigenvalue weighted by molar-refractivity contribution is 8.04. The maximum absolute atomic E-state index is 13.0. The first-order valence-corrected chi connectivity index (χ1v) is 20.1. The molecule has 0 spiro atoms. The van der Waals surface area contributed by atoms with Gasteiger partial charge in [0.1, 0.15) is 13.6 Å². The number of aromatic nitrogens is 1. The summed E-state index contributed by atoms with van der Waals surface area (Å²) in [6, 6.07) is 18.9. The third-order valence-corrected chi connectivity index (χ3v) is 12.2. The third kappa shape index (κ3) is 10.5. The zero-order chi connectivity index (χ0) is 36.1. The number of anilines is 1. The Bertz CT molecular complexity index is 1720. The second-order valence-electron chi connectivity index (χ2n) is 13.2. The molecule has 3 N–H and O–H groups in total. The maximum Gasteiger partial charge on any atom is 0.240 e. The molecule has 1 aromatic heterocycles. The standard InChI is InChI=1S/C39H49N5O6S2/c1-43-17-14-28(30-8-2-3-9-31(30)43)25-38-44(32-10-4-5-11-33(32)52-38)26-37(47)41-16-19-49-21-23-50-22-20-48-18-15-40-35(45)13-7-6-12-34-39-29(27-51-34)24-36(46)42-39/h2-5,8-11,14,17,25,29,34,39H,6-7,12-13,15-16,18-24,26-27H2,1H3,(H2-,40,41,42,45,46,47)/p+1. The van der Waals surface area contributed by atoms with Crippen LogP contribution in [0.2, 0.25) is 0 Å². The van der Waals surface area contributed by atoms with Crippen molar-refractivity contribution in [3.8, 4) is 0 Å². The van der Waals surface area contributed by atoms with Crippen molar-refractivity contribution < 1.29 is 33.2 Å². The minimum Gasteiger partial charge on any atom is -0.377 e. The molecule has 4 heterocycles. The summed E-state index contributed by atoms with van der Waals surface area (Å²) >= 11 is 3.64. The highest BCUT2D eigenvalue weighted by atomic mass is 32.2. The van der Waals surface area contributed by atoms with E-state index >= 15 is 0 Å². The number of benzene rings is 2. The minimum atomic E-state index is -0.0709. The zero-order valence-corrected chi connectivity index (χ0v) is 31.5.